The van der Waals surface area contributed by atoms with Gasteiger partial charge in [0.25, 0.3) is 0 Å². The Morgan fingerprint density at radius 3 is 2.94 bits per heavy atom. The average Bonchev–Trinajstić information content (AvgIpc) is 2.41. The second-order valence-corrected chi connectivity index (χ2v) is 4.58. The minimum atomic E-state index is -0.392. The van der Waals surface area contributed by atoms with Crippen LogP contribution in [0.1, 0.15) is 12.0 Å². The lowest BCUT2D eigenvalue weighted by Gasteiger charge is -2.30. The Morgan fingerprint density at radius 1 is 1.28 bits per heavy atom. The van der Waals surface area contributed by atoms with Crippen LogP contribution < -0.4 is 0 Å². The van der Waals surface area contributed by atoms with Crippen LogP contribution in [0.15, 0.2) is 35.3 Å². The molecule has 94 valence electrons. The molecule has 0 spiro atoms. The molecular formula is C14H15NO3. The number of hydrogen-bond donors (Lipinski definition) is 0. The van der Waals surface area contributed by atoms with Crippen molar-refractivity contribution in [2.45, 2.75) is 25.0 Å². The minimum Gasteiger partial charge on any atom is -0.452 e. The zero-order valence-electron chi connectivity index (χ0n) is 10.0. The normalized spacial score (nSPS) is 27.1. The lowest BCUT2D eigenvalue weighted by Crippen LogP contribution is -2.44. The molecule has 0 N–H and O–H groups in total. The number of benzene rings is 1. The number of aliphatic imine (C=N–C) groups is 1. The molecule has 1 fully saturated rings. The van der Waals surface area contributed by atoms with E-state index in [-0.39, 0.29) is 12.1 Å². The highest BCUT2D eigenvalue weighted by molar-refractivity contribution is 5.96. The van der Waals surface area contributed by atoms with Crippen LogP contribution >= 0.6 is 0 Å². The Morgan fingerprint density at radius 2 is 2.11 bits per heavy atom. The first-order valence-corrected chi connectivity index (χ1v) is 6.21. The highest BCUT2D eigenvalue weighted by atomic mass is 16.6. The van der Waals surface area contributed by atoms with E-state index in [2.05, 4.69) is 4.99 Å². The Balaban J connectivity index is 1.78. The maximum atomic E-state index is 11.9. The predicted molar refractivity (Wildman–Crippen MR) is 66.7 cm³/mol. The fraction of sp³-hybridized carbons (Fsp3) is 0.429. The molecule has 4 nitrogen and oxygen atoms in total. The smallest absolute Gasteiger partial charge is 0.331 e. The Kier molecular flexibility index (Phi) is 3.11. The fourth-order valence-electron chi connectivity index (χ4n) is 2.31. The summed E-state index contributed by atoms with van der Waals surface area (Å²) in [5, 5.41) is 0. The number of rotatable bonds is 2. The fourth-order valence-corrected chi connectivity index (χ4v) is 2.31. The molecule has 0 radical (unpaired) electrons. The molecule has 2 aliphatic rings. The van der Waals surface area contributed by atoms with Crippen LogP contribution in [0.5, 0.6) is 0 Å². The molecule has 0 saturated carbocycles. The molecule has 2 heterocycles. The van der Waals surface area contributed by atoms with E-state index >= 15 is 0 Å². The van der Waals surface area contributed by atoms with Gasteiger partial charge in [0.15, 0.2) is 12.1 Å². The average molecular weight is 245 g/mol. The maximum absolute atomic E-state index is 11.9. The quantitative estimate of drug-likeness (QED) is 0.740. The van der Waals surface area contributed by atoms with E-state index in [1.54, 1.807) is 0 Å². The second kappa shape index (κ2) is 4.90. The molecule has 1 aromatic carbocycles. The summed E-state index contributed by atoms with van der Waals surface area (Å²) >= 11 is 0. The van der Waals surface area contributed by atoms with Crippen LogP contribution in [0.3, 0.4) is 0 Å². The van der Waals surface area contributed by atoms with Crippen molar-refractivity contribution in [1.29, 1.82) is 0 Å². The van der Waals surface area contributed by atoms with Crippen molar-refractivity contribution in [1.82, 2.24) is 0 Å². The van der Waals surface area contributed by atoms with Gasteiger partial charge in [-0.2, -0.15) is 0 Å². The first kappa shape index (κ1) is 11.4. The largest absolute Gasteiger partial charge is 0.452 e. The van der Waals surface area contributed by atoms with Gasteiger partial charge >= 0.3 is 5.97 Å². The lowest BCUT2D eigenvalue weighted by molar-refractivity contribution is -0.152. The Bertz CT molecular complexity index is 469. The van der Waals surface area contributed by atoms with Crippen molar-refractivity contribution in [3.05, 3.63) is 35.9 Å². The third kappa shape index (κ3) is 2.29. The van der Waals surface area contributed by atoms with Crippen molar-refractivity contribution < 1.29 is 14.3 Å². The molecule has 1 aromatic rings. The summed E-state index contributed by atoms with van der Waals surface area (Å²) in [7, 11) is 0. The van der Waals surface area contributed by atoms with Crippen molar-refractivity contribution in [2.75, 3.05) is 13.2 Å². The Labute approximate surface area is 106 Å². The van der Waals surface area contributed by atoms with Gasteiger partial charge in [0.2, 0.25) is 0 Å². The summed E-state index contributed by atoms with van der Waals surface area (Å²) in [5.41, 5.74) is 2.08. The van der Waals surface area contributed by atoms with Gasteiger partial charge in [0.1, 0.15) is 0 Å². The van der Waals surface area contributed by atoms with E-state index in [9.17, 15) is 4.79 Å². The number of fused-ring (bicyclic) bond motifs is 1. The highest BCUT2D eigenvalue weighted by Crippen LogP contribution is 2.19. The summed E-state index contributed by atoms with van der Waals surface area (Å²) in [4.78, 5) is 16.4. The van der Waals surface area contributed by atoms with Crippen LogP contribution in [0, 0.1) is 0 Å². The van der Waals surface area contributed by atoms with Crippen LogP contribution in [0.4, 0.5) is 0 Å². The molecule has 0 aliphatic carbocycles. The molecule has 3 rings (SSSR count). The standard InChI is InChI=1S/C14H15NO3/c16-14-12(8-10-4-2-1-3-5-10)15-11-6-7-17-9-13(11)18-14/h1-5,12-13H,6-9H2/t12-,13?/m0/s1. The molecule has 0 amide bonds. The van der Waals surface area contributed by atoms with Crippen molar-refractivity contribution in [3.8, 4) is 0 Å². The second-order valence-electron chi connectivity index (χ2n) is 4.58. The van der Waals surface area contributed by atoms with Gasteiger partial charge in [0, 0.05) is 12.8 Å². The van der Waals surface area contributed by atoms with Crippen molar-refractivity contribution in [2.24, 2.45) is 4.99 Å². The van der Waals surface area contributed by atoms with E-state index in [4.69, 9.17) is 9.47 Å². The van der Waals surface area contributed by atoms with Gasteiger partial charge in [-0.15, -0.1) is 0 Å². The van der Waals surface area contributed by atoms with Crippen LogP contribution in [-0.4, -0.2) is 37.0 Å². The minimum absolute atomic E-state index is 0.238. The summed E-state index contributed by atoms with van der Waals surface area (Å²) in [6.07, 6.45) is 1.12. The van der Waals surface area contributed by atoms with E-state index in [1.807, 2.05) is 30.3 Å². The summed E-state index contributed by atoms with van der Waals surface area (Å²) < 4.78 is 10.7. The molecule has 1 unspecified atom stereocenters. The van der Waals surface area contributed by atoms with E-state index in [0.717, 1.165) is 17.7 Å². The van der Waals surface area contributed by atoms with E-state index < -0.39 is 6.04 Å². The van der Waals surface area contributed by atoms with Crippen LogP contribution in [0.25, 0.3) is 0 Å². The third-order valence-electron chi connectivity index (χ3n) is 3.27. The number of carbonyl (C=O) groups is 1. The topological polar surface area (TPSA) is 47.9 Å². The Hall–Kier alpha value is -1.68. The van der Waals surface area contributed by atoms with Gasteiger partial charge in [-0.05, 0) is 5.56 Å². The molecule has 4 heteroatoms. The SMILES string of the molecule is O=C1OC2COCCC2=N[C@H]1Cc1ccccc1. The van der Waals surface area contributed by atoms with E-state index in [1.165, 1.54) is 0 Å². The summed E-state index contributed by atoms with van der Waals surface area (Å²) in [5.74, 6) is -0.238. The molecule has 0 bridgehead atoms. The molecular weight excluding hydrogens is 230 g/mol. The van der Waals surface area contributed by atoms with Crippen molar-refractivity contribution in [3.63, 3.8) is 0 Å². The number of esters is 1. The van der Waals surface area contributed by atoms with Gasteiger partial charge in [-0.3, -0.25) is 4.99 Å². The van der Waals surface area contributed by atoms with Gasteiger partial charge in [-0.1, -0.05) is 30.3 Å². The van der Waals surface area contributed by atoms with Gasteiger partial charge in [0.05, 0.1) is 18.9 Å². The monoisotopic (exact) mass is 245 g/mol. The molecule has 1 saturated heterocycles. The summed E-state index contributed by atoms with van der Waals surface area (Å²) in [6, 6.07) is 9.51. The van der Waals surface area contributed by atoms with Gasteiger partial charge in [-0.25, -0.2) is 4.79 Å². The number of nitrogens with zero attached hydrogens (tertiary/aromatic N) is 1. The zero-order chi connectivity index (χ0) is 12.4. The molecule has 2 atom stereocenters. The number of carbonyl (C=O) groups excluding carboxylic acids is 1. The van der Waals surface area contributed by atoms with E-state index in [0.29, 0.717) is 19.6 Å². The maximum Gasteiger partial charge on any atom is 0.331 e. The first-order valence-electron chi connectivity index (χ1n) is 6.21. The van der Waals surface area contributed by atoms with Crippen molar-refractivity contribution >= 4 is 11.7 Å². The lowest BCUT2D eigenvalue weighted by atomic mass is 10.0. The van der Waals surface area contributed by atoms with Gasteiger partial charge < -0.3 is 9.47 Å². The molecule has 0 aromatic heterocycles. The molecule has 18 heavy (non-hydrogen) atoms. The number of ether oxygens (including phenoxy) is 2. The summed E-state index contributed by atoms with van der Waals surface area (Å²) in [6.45, 7) is 1.12. The highest BCUT2D eigenvalue weighted by Gasteiger charge is 2.34. The van der Waals surface area contributed by atoms with Crippen LogP contribution in [-0.2, 0) is 20.7 Å². The third-order valence-corrected chi connectivity index (χ3v) is 3.27. The molecule has 2 aliphatic heterocycles. The number of hydrogen-bond acceptors (Lipinski definition) is 4. The first-order chi connectivity index (χ1) is 8.83. The zero-order valence-corrected chi connectivity index (χ0v) is 10.0. The van der Waals surface area contributed by atoms with Crippen LogP contribution in [0.2, 0.25) is 0 Å². The predicted octanol–water partition coefficient (Wildman–Crippen LogP) is 1.38.